The molecule has 6 heteroatoms. The Kier molecular flexibility index (Phi) is 5.55. The molecule has 1 rings (SSSR count). The van der Waals surface area contributed by atoms with Gasteiger partial charge >= 0.3 is 0 Å². The molecule has 18 heavy (non-hydrogen) atoms. The van der Waals surface area contributed by atoms with Gasteiger partial charge in [0.2, 0.25) is 10.0 Å². The van der Waals surface area contributed by atoms with Crippen LogP contribution in [0.25, 0.3) is 0 Å². The molecule has 0 amide bonds. The topological polar surface area (TPSA) is 69.4 Å². The van der Waals surface area contributed by atoms with Crippen molar-refractivity contribution in [3.05, 3.63) is 30.1 Å². The van der Waals surface area contributed by atoms with Crippen LogP contribution >= 0.6 is 0 Å². The molecule has 0 radical (unpaired) electrons. The second kappa shape index (κ2) is 6.70. The van der Waals surface area contributed by atoms with E-state index in [1.54, 1.807) is 18.2 Å². The number of hydrogen-bond acceptors (Lipinski definition) is 3. The van der Waals surface area contributed by atoms with Crippen molar-refractivity contribution < 1.29 is 17.5 Å². The van der Waals surface area contributed by atoms with Gasteiger partial charge in [-0.15, -0.1) is 0 Å². The standard InChI is InChI=1S/C12H18FNO3S/c1-10(7-9-18(14,15)16)6-8-17-12-5-3-2-4-11(12)13/h2-5,10H,6-9H2,1H3,(H2,14,15,16). The van der Waals surface area contributed by atoms with Crippen molar-refractivity contribution in [2.45, 2.75) is 19.8 Å². The van der Waals surface area contributed by atoms with E-state index in [4.69, 9.17) is 9.88 Å². The molecule has 0 saturated heterocycles. The predicted molar refractivity (Wildman–Crippen MR) is 68.3 cm³/mol. The fraction of sp³-hybridized carbons (Fsp3) is 0.500. The molecule has 1 unspecified atom stereocenters. The Bertz CT molecular complexity index is 476. The molecule has 0 aliphatic rings. The number of ether oxygens (including phenoxy) is 1. The summed E-state index contributed by atoms with van der Waals surface area (Å²) in [7, 11) is -3.40. The van der Waals surface area contributed by atoms with E-state index in [-0.39, 0.29) is 17.4 Å². The average Bonchev–Trinajstić information content (AvgIpc) is 2.28. The van der Waals surface area contributed by atoms with Crippen LogP contribution in [0.2, 0.25) is 0 Å². The molecule has 0 aliphatic heterocycles. The lowest BCUT2D eigenvalue weighted by atomic mass is 10.1. The average molecular weight is 275 g/mol. The minimum atomic E-state index is -3.40. The maximum Gasteiger partial charge on any atom is 0.209 e. The van der Waals surface area contributed by atoms with Crippen molar-refractivity contribution >= 4 is 10.0 Å². The Hall–Kier alpha value is -1.14. The van der Waals surface area contributed by atoms with Crippen LogP contribution in [0.3, 0.4) is 0 Å². The van der Waals surface area contributed by atoms with Crippen LogP contribution in [0.15, 0.2) is 24.3 Å². The van der Waals surface area contributed by atoms with Crippen LogP contribution in [0.1, 0.15) is 19.8 Å². The minimum absolute atomic E-state index is 0.0339. The van der Waals surface area contributed by atoms with Gasteiger partial charge in [0.15, 0.2) is 11.6 Å². The van der Waals surface area contributed by atoms with Crippen LogP contribution in [0, 0.1) is 11.7 Å². The fourth-order valence-corrected chi connectivity index (χ4v) is 2.17. The summed E-state index contributed by atoms with van der Waals surface area (Å²) in [6.45, 7) is 2.27. The van der Waals surface area contributed by atoms with E-state index in [9.17, 15) is 12.8 Å². The van der Waals surface area contributed by atoms with Gasteiger partial charge in [0.05, 0.1) is 12.4 Å². The molecule has 2 N–H and O–H groups in total. The molecule has 102 valence electrons. The third-order valence-corrected chi connectivity index (χ3v) is 3.40. The highest BCUT2D eigenvalue weighted by atomic mass is 32.2. The van der Waals surface area contributed by atoms with E-state index in [0.717, 1.165) is 0 Å². The SMILES string of the molecule is CC(CCOc1ccccc1F)CCS(N)(=O)=O. The lowest BCUT2D eigenvalue weighted by Crippen LogP contribution is -2.18. The van der Waals surface area contributed by atoms with Gasteiger partial charge in [-0.3, -0.25) is 0 Å². The summed E-state index contributed by atoms with van der Waals surface area (Å²) in [4.78, 5) is 0. The normalized spacial score (nSPS) is 13.3. The summed E-state index contributed by atoms with van der Waals surface area (Å²) < 4.78 is 40.0. The molecule has 0 spiro atoms. The van der Waals surface area contributed by atoms with Crippen molar-refractivity contribution in [2.24, 2.45) is 11.1 Å². The van der Waals surface area contributed by atoms with E-state index in [1.165, 1.54) is 6.07 Å². The quantitative estimate of drug-likeness (QED) is 0.826. The third kappa shape index (κ3) is 5.97. The number of primary sulfonamides is 1. The Morgan fingerprint density at radius 2 is 2.00 bits per heavy atom. The molecule has 4 nitrogen and oxygen atoms in total. The minimum Gasteiger partial charge on any atom is -0.491 e. The first-order valence-corrected chi connectivity index (χ1v) is 7.48. The molecule has 0 bridgehead atoms. The smallest absolute Gasteiger partial charge is 0.209 e. The summed E-state index contributed by atoms with van der Waals surface area (Å²) in [5.74, 6) is -0.0469. The highest BCUT2D eigenvalue weighted by Crippen LogP contribution is 2.17. The molecule has 1 aromatic rings. The number of para-hydroxylation sites is 1. The molecule has 0 saturated carbocycles. The van der Waals surface area contributed by atoms with E-state index < -0.39 is 15.8 Å². The highest BCUT2D eigenvalue weighted by molar-refractivity contribution is 7.89. The van der Waals surface area contributed by atoms with E-state index in [0.29, 0.717) is 19.4 Å². The van der Waals surface area contributed by atoms with Crippen molar-refractivity contribution in [1.82, 2.24) is 0 Å². The van der Waals surface area contributed by atoms with Crippen molar-refractivity contribution in [3.8, 4) is 5.75 Å². The van der Waals surface area contributed by atoms with Gasteiger partial charge in [-0.2, -0.15) is 0 Å². The zero-order chi connectivity index (χ0) is 13.6. The number of hydrogen-bond donors (Lipinski definition) is 1. The number of sulfonamides is 1. The Labute approximate surface area is 107 Å². The maximum absolute atomic E-state index is 13.2. The van der Waals surface area contributed by atoms with E-state index >= 15 is 0 Å². The summed E-state index contributed by atoms with van der Waals surface area (Å²) >= 11 is 0. The molecule has 0 heterocycles. The van der Waals surface area contributed by atoms with Crippen molar-refractivity contribution in [3.63, 3.8) is 0 Å². The molecule has 0 fully saturated rings. The first-order valence-electron chi connectivity index (χ1n) is 5.76. The van der Waals surface area contributed by atoms with Crippen LogP contribution in [-0.4, -0.2) is 20.8 Å². The van der Waals surface area contributed by atoms with Crippen molar-refractivity contribution in [1.29, 1.82) is 0 Å². The van der Waals surface area contributed by atoms with Gasteiger partial charge in [-0.25, -0.2) is 17.9 Å². The Morgan fingerprint density at radius 3 is 2.61 bits per heavy atom. The van der Waals surface area contributed by atoms with E-state index in [2.05, 4.69) is 0 Å². The zero-order valence-electron chi connectivity index (χ0n) is 10.3. The Morgan fingerprint density at radius 1 is 1.33 bits per heavy atom. The summed E-state index contributed by atoms with van der Waals surface area (Å²) in [6.07, 6.45) is 1.14. The van der Waals surface area contributed by atoms with Gasteiger partial charge < -0.3 is 4.74 Å². The fourth-order valence-electron chi connectivity index (χ4n) is 1.44. The maximum atomic E-state index is 13.2. The molecular formula is C12H18FNO3S. The zero-order valence-corrected chi connectivity index (χ0v) is 11.1. The third-order valence-electron chi connectivity index (χ3n) is 2.60. The monoisotopic (exact) mass is 275 g/mol. The van der Waals surface area contributed by atoms with Crippen LogP contribution in [0.5, 0.6) is 5.75 Å². The first-order chi connectivity index (χ1) is 8.38. The van der Waals surface area contributed by atoms with Gasteiger partial charge in [-0.1, -0.05) is 19.1 Å². The number of halogens is 1. The van der Waals surface area contributed by atoms with Crippen LogP contribution in [0.4, 0.5) is 4.39 Å². The van der Waals surface area contributed by atoms with Gasteiger partial charge in [0.1, 0.15) is 0 Å². The second-order valence-corrected chi connectivity index (χ2v) is 6.06. The van der Waals surface area contributed by atoms with Crippen LogP contribution < -0.4 is 9.88 Å². The van der Waals surface area contributed by atoms with Crippen LogP contribution in [-0.2, 0) is 10.0 Å². The lowest BCUT2D eigenvalue weighted by Gasteiger charge is -2.12. The molecule has 1 aromatic carbocycles. The number of benzene rings is 1. The van der Waals surface area contributed by atoms with E-state index in [1.807, 2.05) is 6.92 Å². The van der Waals surface area contributed by atoms with Crippen molar-refractivity contribution in [2.75, 3.05) is 12.4 Å². The molecule has 0 aromatic heterocycles. The van der Waals surface area contributed by atoms with Gasteiger partial charge in [0.25, 0.3) is 0 Å². The largest absolute Gasteiger partial charge is 0.491 e. The first kappa shape index (κ1) is 14.9. The summed E-state index contributed by atoms with van der Waals surface area (Å²) in [5, 5.41) is 4.91. The molecule has 0 aliphatic carbocycles. The van der Waals surface area contributed by atoms with Gasteiger partial charge in [0, 0.05) is 0 Å². The summed E-state index contributed by atoms with van der Waals surface area (Å²) in [5.41, 5.74) is 0. The molecule has 1 atom stereocenters. The lowest BCUT2D eigenvalue weighted by molar-refractivity contribution is 0.270. The number of nitrogens with two attached hydrogens (primary N) is 1. The van der Waals surface area contributed by atoms with Gasteiger partial charge in [-0.05, 0) is 30.9 Å². The predicted octanol–water partition coefficient (Wildman–Crippen LogP) is 1.91. The Balaban J connectivity index is 2.28. The second-order valence-electron chi connectivity index (χ2n) is 4.33. The summed E-state index contributed by atoms with van der Waals surface area (Å²) in [6, 6.07) is 6.18. The highest BCUT2D eigenvalue weighted by Gasteiger charge is 2.09. The molecular weight excluding hydrogens is 257 g/mol. The number of rotatable bonds is 7.